The minimum atomic E-state index is 0.719. The number of H-pyrrole nitrogens is 1. The van der Waals surface area contributed by atoms with Crippen LogP contribution in [0.1, 0.15) is 17.7 Å². The highest BCUT2D eigenvalue weighted by Crippen LogP contribution is 2.36. The van der Waals surface area contributed by atoms with E-state index in [1.54, 1.807) is 0 Å². The summed E-state index contributed by atoms with van der Waals surface area (Å²) in [6, 6.07) is 0. The van der Waals surface area contributed by atoms with Gasteiger partial charge in [-0.2, -0.15) is 5.10 Å². The van der Waals surface area contributed by atoms with E-state index in [1.807, 2.05) is 18.6 Å². The minimum Gasteiger partial charge on any atom is -0.379 e. The highest BCUT2D eigenvalue weighted by Gasteiger charge is 2.22. The lowest BCUT2D eigenvalue weighted by Gasteiger charge is -2.26. The molecule has 1 saturated heterocycles. The summed E-state index contributed by atoms with van der Waals surface area (Å²) < 4.78 is 5.39. The van der Waals surface area contributed by atoms with Crippen LogP contribution in [0.3, 0.4) is 0 Å². The summed E-state index contributed by atoms with van der Waals surface area (Å²) >= 11 is 0. The molecule has 140 valence electrons. The van der Waals surface area contributed by atoms with Crippen molar-refractivity contribution in [2.24, 2.45) is 0 Å². The quantitative estimate of drug-likeness (QED) is 0.664. The van der Waals surface area contributed by atoms with Crippen molar-refractivity contribution in [3.63, 3.8) is 0 Å². The van der Waals surface area contributed by atoms with Gasteiger partial charge in [-0.25, -0.2) is 15.0 Å². The molecule has 8 heteroatoms. The molecule has 0 saturated carbocycles. The second-order valence-corrected chi connectivity index (χ2v) is 7.08. The van der Waals surface area contributed by atoms with E-state index in [0.29, 0.717) is 0 Å². The summed E-state index contributed by atoms with van der Waals surface area (Å²) in [6.45, 7) is 5.73. The van der Waals surface area contributed by atoms with Crippen LogP contribution >= 0.6 is 0 Å². The number of nitrogens with one attached hydrogen (secondary N) is 2. The number of morpholine rings is 1. The van der Waals surface area contributed by atoms with Crippen molar-refractivity contribution in [2.75, 3.05) is 44.7 Å². The zero-order valence-corrected chi connectivity index (χ0v) is 15.2. The van der Waals surface area contributed by atoms with Gasteiger partial charge in [0.15, 0.2) is 5.65 Å². The fourth-order valence-electron chi connectivity index (χ4n) is 3.93. The molecule has 0 unspecified atom stereocenters. The largest absolute Gasteiger partial charge is 0.379 e. The Hall–Kier alpha value is -2.58. The Morgan fingerprint density at radius 1 is 1.11 bits per heavy atom. The van der Waals surface area contributed by atoms with Crippen molar-refractivity contribution in [1.82, 2.24) is 30.0 Å². The first-order chi connectivity index (χ1) is 13.4. The lowest BCUT2D eigenvalue weighted by Crippen LogP contribution is -2.37. The molecule has 0 amide bonds. The standard InChI is InChI=1S/C19H23N7O/c1(5-26-6-8-27-9-7-26)4-20-19-22-11-14-16(24-19)3-2-13-10-21-18-15(17(13)14)12-23-25-18/h10-12H,1-9H2,(H,20,22,24)(H,21,23,25). The number of fused-ring (bicyclic) bond motifs is 5. The van der Waals surface area contributed by atoms with Crippen LogP contribution < -0.4 is 5.32 Å². The van der Waals surface area contributed by atoms with Gasteiger partial charge in [0.05, 0.1) is 25.1 Å². The fraction of sp³-hybridized carbons (Fsp3) is 0.474. The second kappa shape index (κ2) is 7.21. The van der Waals surface area contributed by atoms with Crippen LogP contribution in [-0.4, -0.2) is 69.4 Å². The second-order valence-electron chi connectivity index (χ2n) is 7.08. The maximum atomic E-state index is 5.39. The van der Waals surface area contributed by atoms with E-state index in [4.69, 9.17) is 9.72 Å². The first-order valence-corrected chi connectivity index (χ1v) is 9.60. The maximum absolute atomic E-state index is 5.39. The molecule has 1 aliphatic heterocycles. The van der Waals surface area contributed by atoms with Gasteiger partial charge in [-0.3, -0.25) is 10.00 Å². The monoisotopic (exact) mass is 365 g/mol. The van der Waals surface area contributed by atoms with E-state index < -0.39 is 0 Å². The molecule has 5 rings (SSSR count). The predicted molar refractivity (Wildman–Crippen MR) is 103 cm³/mol. The number of pyridine rings is 1. The molecule has 8 nitrogen and oxygen atoms in total. The zero-order valence-electron chi connectivity index (χ0n) is 15.2. The summed E-state index contributed by atoms with van der Waals surface area (Å²) in [7, 11) is 0. The molecule has 0 atom stereocenters. The maximum Gasteiger partial charge on any atom is 0.222 e. The smallest absolute Gasteiger partial charge is 0.222 e. The fourth-order valence-corrected chi connectivity index (χ4v) is 3.93. The number of ether oxygens (including phenoxy) is 1. The van der Waals surface area contributed by atoms with Crippen molar-refractivity contribution in [3.8, 4) is 11.1 Å². The van der Waals surface area contributed by atoms with Crippen LogP contribution in [0, 0.1) is 0 Å². The molecule has 2 aliphatic rings. The topological polar surface area (TPSA) is 91.8 Å². The van der Waals surface area contributed by atoms with Crippen LogP contribution in [0.4, 0.5) is 5.95 Å². The average Bonchev–Trinajstić information content (AvgIpc) is 3.20. The third-order valence-corrected chi connectivity index (χ3v) is 5.37. The minimum absolute atomic E-state index is 0.719. The van der Waals surface area contributed by atoms with Crippen molar-refractivity contribution < 1.29 is 4.74 Å². The van der Waals surface area contributed by atoms with E-state index in [-0.39, 0.29) is 0 Å². The molecule has 0 radical (unpaired) electrons. The molecule has 27 heavy (non-hydrogen) atoms. The Kier molecular flexibility index (Phi) is 4.43. The zero-order chi connectivity index (χ0) is 18.1. The van der Waals surface area contributed by atoms with E-state index in [0.717, 1.165) is 86.9 Å². The summed E-state index contributed by atoms with van der Waals surface area (Å²) in [5.74, 6) is 0.719. The van der Waals surface area contributed by atoms with E-state index >= 15 is 0 Å². The van der Waals surface area contributed by atoms with Gasteiger partial charge in [0.25, 0.3) is 0 Å². The SMILES string of the molecule is c1nc2[nH]ncc2c2c1CCc1nc(NCCCN3CCOCC3)ncc1-2. The van der Waals surface area contributed by atoms with E-state index in [1.165, 1.54) is 11.1 Å². The summed E-state index contributed by atoms with van der Waals surface area (Å²) in [4.78, 5) is 16.2. The summed E-state index contributed by atoms with van der Waals surface area (Å²) in [6.07, 6.45) is 8.66. The third kappa shape index (κ3) is 3.26. The predicted octanol–water partition coefficient (Wildman–Crippen LogP) is 1.65. The van der Waals surface area contributed by atoms with Crippen LogP contribution in [0.2, 0.25) is 0 Å². The Morgan fingerprint density at radius 2 is 2.04 bits per heavy atom. The van der Waals surface area contributed by atoms with Gasteiger partial charge in [0, 0.05) is 48.5 Å². The van der Waals surface area contributed by atoms with Crippen LogP contribution in [-0.2, 0) is 17.6 Å². The number of aromatic nitrogens is 5. The number of nitrogens with zero attached hydrogens (tertiary/aromatic N) is 5. The number of hydrogen-bond donors (Lipinski definition) is 2. The molecule has 0 spiro atoms. The van der Waals surface area contributed by atoms with Crippen LogP contribution in [0.5, 0.6) is 0 Å². The molecule has 0 bridgehead atoms. The summed E-state index contributed by atoms with van der Waals surface area (Å²) in [5, 5.41) is 11.5. The lowest BCUT2D eigenvalue weighted by atomic mass is 9.89. The van der Waals surface area contributed by atoms with Gasteiger partial charge < -0.3 is 10.1 Å². The first kappa shape index (κ1) is 16.6. The van der Waals surface area contributed by atoms with Crippen molar-refractivity contribution >= 4 is 17.0 Å². The van der Waals surface area contributed by atoms with Gasteiger partial charge in [-0.05, 0) is 31.4 Å². The average molecular weight is 365 g/mol. The molecule has 4 heterocycles. The number of rotatable bonds is 5. The van der Waals surface area contributed by atoms with E-state index in [9.17, 15) is 0 Å². The molecule has 1 aliphatic carbocycles. The van der Waals surface area contributed by atoms with Crippen LogP contribution in [0.15, 0.2) is 18.6 Å². The van der Waals surface area contributed by atoms with Crippen molar-refractivity contribution in [1.29, 1.82) is 0 Å². The molecule has 0 aromatic carbocycles. The first-order valence-electron chi connectivity index (χ1n) is 9.60. The number of hydrogen-bond acceptors (Lipinski definition) is 7. The molecular formula is C19H23N7O. The number of anilines is 1. The van der Waals surface area contributed by atoms with Gasteiger partial charge in [-0.15, -0.1) is 0 Å². The summed E-state index contributed by atoms with van der Waals surface area (Å²) in [5.41, 5.74) is 5.43. The van der Waals surface area contributed by atoms with Crippen LogP contribution in [0.25, 0.3) is 22.2 Å². The van der Waals surface area contributed by atoms with Crippen molar-refractivity contribution in [3.05, 3.63) is 29.8 Å². The van der Waals surface area contributed by atoms with Gasteiger partial charge in [0.1, 0.15) is 0 Å². The highest BCUT2D eigenvalue weighted by atomic mass is 16.5. The van der Waals surface area contributed by atoms with Gasteiger partial charge >= 0.3 is 0 Å². The molecule has 3 aromatic rings. The van der Waals surface area contributed by atoms with Crippen molar-refractivity contribution in [2.45, 2.75) is 19.3 Å². The molecule has 2 N–H and O–H groups in total. The molecular weight excluding hydrogens is 342 g/mol. The normalized spacial score (nSPS) is 16.9. The molecule has 1 fully saturated rings. The Bertz CT molecular complexity index is 948. The number of aromatic amines is 1. The third-order valence-electron chi connectivity index (χ3n) is 5.37. The Morgan fingerprint density at radius 3 is 2.96 bits per heavy atom. The van der Waals surface area contributed by atoms with Gasteiger partial charge in [0.2, 0.25) is 5.95 Å². The Balaban J connectivity index is 1.29. The lowest BCUT2D eigenvalue weighted by molar-refractivity contribution is 0.0378. The number of aryl methyl sites for hydroxylation is 2. The molecule has 3 aromatic heterocycles. The van der Waals surface area contributed by atoms with E-state index in [2.05, 4.69) is 30.4 Å². The van der Waals surface area contributed by atoms with Gasteiger partial charge in [-0.1, -0.05) is 0 Å². The Labute approximate surface area is 157 Å². The highest BCUT2D eigenvalue weighted by molar-refractivity contribution is 5.95.